The smallest absolute Gasteiger partial charge is 0.223 e. The van der Waals surface area contributed by atoms with Crippen LogP contribution >= 0.6 is 0 Å². The highest BCUT2D eigenvalue weighted by atomic mass is 16.5. The molecule has 0 aromatic rings. The Balaban J connectivity index is 2.04. The minimum atomic E-state index is 0.259. The van der Waals surface area contributed by atoms with Crippen LogP contribution in [0.4, 0.5) is 0 Å². The van der Waals surface area contributed by atoms with Crippen molar-refractivity contribution < 1.29 is 9.53 Å². The molecule has 0 aromatic carbocycles. The summed E-state index contributed by atoms with van der Waals surface area (Å²) in [6, 6.07) is 0. The molecular formula is C13H26N2O2. The highest BCUT2D eigenvalue weighted by molar-refractivity contribution is 5.76. The van der Waals surface area contributed by atoms with Gasteiger partial charge in [-0.25, -0.2) is 0 Å². The first kappa shape index (κ1) is 14.5. The molecule has 1 aliphatic heterocycles. The number of hydrogen-bond acceptors (Lipinski definition) is 3. The summed E-state index contributed by atoms with van der Waals surface area (Å²) in [5, 5.41) is 3.39. The Bertz CT molecular complexity index is 211. The van der Waals surface area contributed by atoms with Crippen molar-refractivity contribution in [1.29, 1.82) is 0 Å². The Morgan fingerprint density at radius 3 is 2.53 bits per heavy atom. The highest BCUT2D eigenvalue weighted by Crippen LogP contribution is 2.12. The van der Waals surface area contributed by atoms with Crippen molar-refractivity contribution in [3.05, 3.63) is 0 Å². The van der Waals surface area contributed by atoms with Gasteiger partial charge in [0.2, 0.25) is 5.91 Å². The molecule has 0 aliphatic carbocycles. The van der Waals surface area contributed by atoms with Crippen molar-refractivity contribution in [2.45, 2.75) is 33.1 Å². The molecule has 0 radical (unpaired) electrons. The van der Waals surface area contributed by atoms with Gasteiger partial charge in [0.15, 0.2) is 0 Å². The zero-order valence-electron chi connectivity index (χ0n) is 11.2. The fraction of sp³-hybridized carbons (Fsp3) is 0.923. The third kappa shape index (κ3) is 5.50. The Morgan fingerprint density at radius 2 is 1.94 bits per heavy atom. The van der Waals surface area contributed by atoms with E-state index in [0.29, 0.717) is 6.42 Å². The lowest BCUT2D eigenvalue weighted by atomic mass is 10.0. The average molecular weight is 242 g/mol. The van der Waals surface area contributed by atoms with Crippen molar-refractivity contribution in [1.82, 2.24) is 10.2 Å². The Labute approximate surface area is 105 Å². The summed E-state index contributed by atoms with van der Waals surface area (Å²) in [5.74, 6) is 0.988. The van der Waals surface area contributed by atoms with Crippen LogP contribution in [0.25, 0.3) is 0 Å². The van der Waals surface area contributed by atoms with Gasteiger partial charge >= 0.3 is 0 Å². The molecule has 1 heterocycles. The van der Waals surface area contributed by atoms with Crippen molar-refractivity contribution in [2.75, 3.05) is 39.4 Å². The maximum absolute atomic E-state index is 11.7. The van der Waals surface area contributed by atoms with Gasteiger partial charge in [0.25, 0.3) is 0 Å². The molecule has 0 spiro atoms. The van der Waals surface area contributed by atoms with Crippen LogP contribution in [0.15, 0.2) is 0 Å². The summed E-state index contributed by atoms with van der Waals surface area (Å²) in [4.78, 5) is 13.6. The van der Waals surface area contributed by atoms with E-state index in [-0.39, 0.29) is 5.91 Å². The Hall–Kier alpha value is -0.610. The van der Waals surface area contributed by atoms with Crippen LogP contribution in [0.5, 0.6) is 0 Å². The normalized spacial score (nSPS) is 17.1. The van der Waals surface area contributed by atoms with Crippen LogP contribution in [0.3, 0.4) is 0 Å². The summed E-state index contributed by atoms with van der Waals surface area (Å²) >= 11 is 0. The van der Waals surface area contributed by atoms with E-state index in [0.717, 1.165) is 58.2 Å². The molecule has 1 rings (SSSR count). The number of nitrogens with one attached hydrogen (secondary N) is 1. The second-order valence-electron chi connectivity index (χ2n) is 4.58. The summed E-state index contributed by atoms with van der Waals surface area (Å²) in [7, 11) is 0. The molecule has 0 aromatic heterocycles. The highest BCUT2D eigenvalue weighted by Gasteiger charge is 2.13. The van der Waals surface area contributed by atoms with E-state index in [1.165, 1.54) is 0 Å². The lowest BCUT2D eigenvalue weighted by Gasteiger charge is -2.23. The lowest BCUT2D eigenvalue weighted by Crippen LogP contribution is -2.34. The third-order valence-corrected chi connectivity index (χ3v) is 3.41. The van der Waals surface area contributed by atoms with E-state index >= 15 is 0 Å². The van der Waals surface area contributed by atoms with Gasteiger partial charge in [-0.1, -0.05) is 0 Å². The second kappa shape index (κ2) is 8.48. The number of carbonyl (C=O) groups is 1. The lowest BCUT2D eigenvalue weighted by molar-refractivity contribution is -0.130. The number of rotatable bonds is 7. The van der Waals surface area contributed by atoms with Crippen LogP contribution in [-0.4, -0.2) is 50.2 Å². The molecule has 1 saturated heterocycles. The molecular weight excluding hydrogens is 216 g/mol. The van der Waals surface area contributed by atoms with Gasteiger partial charge in [-0.3, -0.25) is 4.79 Å². The topological polar surface area (TPSA) is 41.6 Å². The maximum atomic E-state index is 11.7. The second-order valence-corrected chi connectivity index (χ2v) is 4.58. The van der Waals surface area contributed by atoms with Gasteiger partial charge in [0, 0.05) is 39.3 Å². The monoisotopic (exact) mass is 242 g/mol. The van der Waals surface area contributed by atoms with E-state index < -0.39 is 0 Å². The van der Waals surface area contributed by atoms with E-state index in [2.05, 4.69) is 5.32 Å². The fourth-order valence-electron chi connectivity index (χ4n) is 2.19. The predicted octanol–water partition coefficient (Wildman–Crippen LogP) is 1.26. The van der Waals surface area contributed by atoms with Crippen LogP contribution in [0.2, 0.25) is 0 Å². The van der Waals surface area contributed by atoms with E-state index in [1.807, 2.05) is 18.7 Å². The van der Waals surface area contributed by atoms with Crippen LogP contribution in [-0.2, 0) is 9.53 Å². The first-order valence-electron chi connectivity index (χ1n) is 6.84. The van der Waals surface area contributed by atoms with Gasteiger partial charge in [0.1, 0.15) is 0 Å². The number of nitrogens with zero attached hydrogens (tertiary/aromatic N) is 1. The van der Waals surface area contributed by atoms with Crippen molar-refractivity contribution in [3.8, 4) is 0 Å². The summed E-state index contributed by atoms with van der Waals surface area (Å²) in [6.07, 6.45) is 2.92. The molecule has 4 nitrogen and oxygen atoms in total. The standard InChI is InChI=1S/C13H26N2O2/c1-3-15(4-2)13(16)5-8-14-11-12-6-9-17-10-7-12/h12,14H,3-11H2,1-2H3. The zero-order valence-corrected chi connectivity index (χ0v) is 11.2. The van der Waals surface area contributed by atoms with E-state index in [1.54, 1.807) is 0 Å². The van der Waals surface area contributed by atoms with Crippen LogP contribution < -0.4 is 5.32 Å². The minimum absolute atomic E-state index is 0.259. The molecule has 1 fully saturated rings. The number of ether oxygens (including phenoxy) is 1. The third-order valence-electron chi connectivity index (χ3n) is 3.41. The molecule has 0 atom stereocenters. The van der Waals surface area contributed by atoms with Gasteiger partial charge in [0.05, 0.1) is 0 Å². The maximum Gasteiger partial charge on any atom is 0.223 e. The summed E-state index contributed by atoms with van der Waals surface area (Å²) in [6.45, 7) is 9.29. The number of carbonyl (C=O) groups excluding carboxylic acids is 1. The molecule has 0 saturated carbocycles. The Morgan fingerprint density at radius 1 is 1.29 bits per heavy atom. The van der Waals surface area contributed by atoms with Crippen LogP contribution in [0.1, 0.15) is 33.1 Å². The predicted molar refractivity (Wildman–Crippen MR) is 69.0 cm³/mol. The molecule has 0 unspecified atom stereocenters. The molecule has 0 bridgehead atoms. The van der Waals surface area contributed by atoms with Crippen molar-refractivity contribution in [3.63, 3.8) is 0 Å². The zero-order chi connectivity index (χ0) is 12.5. The quantitative estimate of drug-likeness (QED) is 0.683. The average Bonchev–Trinajstić information content (AvgIpc) is 2.37. The SMILES string of the molecule is CCN(CC)C(=O)CCNCC1CCOCC1. The summed E-state index contributed by atoms with van der Waals surface area (Å²) < 4.78 is 5.32. The van der Waals surface area contributed by atoms with E-state index in [9.17, 15) is 4.79 Å². The van der Waals surface area contributed by atoms with Gasteiger partial charge in [-0.05, 0) is 39.2 Å². The molecule has 1 N–H and O–H groups in total. The van der Waals surface area contributed by atoms with Gasteiger partial charge < -0.3 is 15.0 Å². The Kier molecular flexibility index (Phi) is 7.21. The van der Waals surface area contributed by atoms with Crippen molar-refractivity contribution >= 4 is 5.91 Å². The largest absolute Gasteiger partial charge is 0.381 e. The molecule has 4 heteroatoms. The van der Waals surface area contributed by atoms with Crippen molar-refractivity contribution in [2.24, 2.45) is 5.92 Å². The number of hydrogen-bond donors (Lipinski definition) is 1. The first-order valence-corrected chi connectivity index (χ1v) is 6.84. The molecule has 100 valence electrons. The van der Waals surface area contributed by atoms with Gasteiger partial charge in [-0.2, -0.15) is 0 Å². The van der Waals surface area contributed by atoms with Crippen LogP contribution in [0, 0.1) is 5.92 Å². The number of amides is 1. The van der Waals surface area contributed by atoms with E-state index in [4.69, 9.17) is 4.74 Å². The van der Waals surface area contributed by atoms with Gasteiger partial charge in [-0.15, -0.1) is 0 Å². The summed E-state index contributed by atoms with van der Waals surface area (Å²) in [5.41, 5.74) is 0. The minimum Gasteiger partial charge on any atom is -0.381 e. The molecule has 1 amide bonds. The first-order chi connectivity index (χ1) is 8.27. The fourth-order valence-corrected chi connectivity index (χ4v) is 2.19. The molecule has 1 aliphatic rings. The molecule has 17 heavy (non-hydrogen) atoms.